The second-order valence-electron chi connectivity index (χ2n) is 7.89. The van der Waals surface area contributed by atoms with Gasteiger partial charge in [0.1, 0.15) is 17.3 Å². The molecule has 7 heteroatoms. The first kappa shape index (κ1) is 21.0. The standard InChI is InChI=1S/C23H23F3N2OS/c1-30-27-13-15-6-5-11-28(14-15)22(29)18-12-23(18,26)17-8-3-2-7-16(17)21-19(24)9-4-10-20(21)25/h2-4,7-10,13,15,18H,5-6,11-12,14H2,1H3. The van der Waals surface area contributed by atoms with Crippen molar-refractivity contribution in [2.75, 3.05) is 19.3 Å². The number of carbonyl (C=O) groups excluding carboxylic acids is 1. The van der Waals surface area contributed by atoms with Crippen molar-refractivity contribution in [3.05, 3.63) is 59.7 Å². The number of nitrogens with zero attached hydrogens (tertiary/aromatic N) is 2. The number of halogens is 3. The van der Waals surface area contributed by atoms with Crippen molar-refractivity contribution in [2.45, 2.75) is 24.9 Å². The number of likely N-dealkylation sites (tertiary alicyclic amines) is 1. The Hall–Kier alpha value is -2.28. The summed E-state index contributed by atoms with van der Waals surface area (Å²) in [5, 5.41) is 0. The zero-order valence-electron chi connectivity index (χ0n) is 16.7. The third-order valence-corrected chi connectivity index (χ3v) is 6.28. The molecule has 4 rings (SSSR count). The van der Waals surface area contributed by atoms with Crippen LogP contribution in [0.5, 0.6) is 0 Å². The van der Waals surface area contributed by atoms with E-state index in [1.807, 2.05) is 12.5 Å². The minimum absolute atomic E-state index is 0.0268. The van der Waals surface area contributed by atoms with Crippen LogP contribution in [0.3, 0.4) is 0 Å². The SMILES string of the molecule is CSN=CC1CCCN(C(=O)C2CC2(F)c2ccccc2-c2c(F)cccc2F)C1. The number of alkyl halides is 1. The molecule has 2 aromatic carbocycles. The molecule has 0 bridgehead atoms. The van der Waals surface area contributed by atoms with Crippen LogP contribution in [-0.2, 0) is 10.5 Å². The van der Waals surface area contributed by atoms with Crippen LogP contribution in [0.2, 0.25) is 0 Å². The topological polar surface area (TPSA) is 32.7 Å². The fourth-order valence-electron chi connectivity index (χ4n) is 4.34. The normalized spacial score (nSPS) is 26.2. The summed E-state index contributed by atoms with van der Waals surface area (Å²) >= 11 is 1.37. The zero-order chi connectivity index (χ0) is 21.3. The lowest BCUT2D eigenvalue weighted by Gasteiger charge is -2.31. The molecule has 2 aromatic rings. The highest BCUT2D eigenvalue weighted by Crippen LogP contribution is 2.58. The summed E-state index contributed by atoms with van der Waals surface area (Å²) in [5.74, 6) is -2.39. The van der Waals surface area contributed by atoms with Crippen molar-refractivity contribution in [3.8, 4) is 11.1 Å². The average Bonchev–Trinajstić information content (AvgIpc) is 3.45. The van der Waals surface area contributed by atoms with Crippen molar-refractivity contribution in [1.29, 1.82) is 0 Å². The quantitative estimate of drug-likeness (QED) is 0.468. The molecule has 0 spiro atoms. The lowest BCUT2D eigenvalue weighted by atomic mass is 9.93. The summed E-state index contributed by atoms with van der Waals surface area (Å²) < 4.78 is 48.8. The van der Waals surface area contributed by atoms with Crippen molar-refractivity contribution in [2.24, 2.45) is 16.2 Å². The minimum atomic E-state index is -1.91. The van der Waals surface area contributed by atoms with Crippen LogP contribution < -0.4 is 0 Å². The molecule has 1 aliphatic carbocycles. The molecule has 3 unspecified atom stereocenters. The summed E-state index contributed by atoms with van der Waals surface area (Å²) in [6.45, 7) is 1.12. The van der Waals surface area contributed by atoms with Gasteiger partial charge in [0.15, 0.2) is 0 Å². The number of hydrogen-bond acceptors (Lipinski definition) is 3. The fraction of sp³-hybridized carbons (Fsp3) is 0.391. The maximum absolute atomic E-state index is 15.9. The number of piperidine rings is 1. The van der Waals surface area contributed by atoms with E-state index in [4.69, 9.17) is 0 Å². The van der Waals surface area contributed by atoms with E-state index in [1.165, 1.54) is 30.1 Å². The van der Waals surface area contributed by atoms with Crippen LogP contribution >= 0.6 is 11.9 Å². The van der Waals surface area contributed by atoms with E-state index in [-0.39, 0.29) is 34.9 Å². The maximum Gasteiger partial charge on any atom is 0.229 e. The molecular weight excluding hydrogens is 409 g/mol. The highest BCUT2D eigenvalue weighted by molar-refractivity contribution is 7.97. The monoisotopic (exact) mass is 432 g/mol. The van der Waals surface area contributed by atoms with Gasteiger partial charge in [0.05, 0.1) is 11.5 Å². The molecule has 1 amide bonds. The first-order valence-corrected chi connectivity index (χ1v) is 11.2. The second kappa shape index (κ2) is 8.46. The van der Waals surface area contributed by atoms with E-state index >= 15 is 4.39 Å². The molecule has 1 heterocycles. The largest absolute Gasteiger partial charge is 0.342 e. The molecule has 158 valence electrons. The molecule has 1 saturated heterocycles. The van der Waals surface area contributed by atoms with Gasteiger partial charge in [-0.15, -0.1) is 0 Å². The second-order valence-corrected chi connectivity index (χ2v) is 8.46. The predicted octanol–water partition coefficient (Wildman–Crippen LogP) is 5.40. The van der Waals surface area contributed by atoms with E-state index in [9.17, 15) is 13.6 Å². The Morgan fingerprint density at radius 1 is 1.20 bits per heavy atom. The number of amides is 1. The van der Waals surface area contributed by atoms with Gasteiger partial charge in [-0.1, -0.05) is 30.3 Å². The van der Waals surface area contributed by atoms with Gasteiger partial charge in [0.25, 0.3) is 0 Å². The summed E-state index contributed by atoms with van der Waals surface area (Å²) in [4.78, 5) is 14.7. The van der Waals surface area contributed by atoms with Crippen LogP contribution in [0.1, 0.15) is 24.8 Å². The molecule has 2 aliphatic rings. The highest BCUT2D eigenvalue weighted by atomic mass is 32.2. The van der Waals surface area contributed by atoms with E-state index in [0.717, 1.165) is 25.0 Å². The molecule has 3 nitrogen and oxygen atoms in total. The van der Waals surface area contributed by atoms with Gasteiger partial charge in [0.2, 0.25) is 5.91 Å². The van der Waals surface area contributed by atoms with Crippen LogP contribution in [-0.4, -0.2) is 36.4 Å². The van der Waals surface area contributed by atoms with Gasteiger partial charge in [-0.25, -0.2) is 17.6 Å². The molecule has 0 aromatic heterocycles. The Morgan fingerprint density at radius 2 is 1.93 bits per heavy atom. The smallest absolute Gasteiger partial charge is 0.229 e. The molecule has 1 saturated carbocycles. The lowest BCUT2D eigenvalue weighted by molar-refractivity contribution is -0.135. The van der Waals surface area contributed by atoms with Crippen molar-refractivity contribution in [3.63, 3.8) is 0 Å². The molecule has 30 heavy (non-hydrogen) atoms. The fourth-order valence-corrected chi connectivity index (χ4v) is 4.63. The van der Waals surface area contributed by atoms with Crippen LogP contribution in [0.25, 0.3) is 11.1 Å². The minimum Gasteiger partial charge on any atom is -0.342 e. The first-order chi connectivity index (χ1) is 14.5. The van der Waals surface area contributed by atoms with E-state index in [1.54, 1.807) is 17.0 Å². The van der Waals surface area contributed by atoms with E-state index in [0.29, 0.717) is 13.1 Å². The van der Waals surface area contributed by atoms with E-state index in [2.05, 4.69) is 4.40 Å². The third-order valence-electron chi connectivity index (χ3n) is 5.95. The summed E-state index contributed by atoms with van der Waals surface area (Å²) in [6, 6.07) is 9.87. The van der Waals surface area contributed by atoms with Gasteiger partial charge < -0.3 is 4.90 Å². The average molecular weight is 433 g/mol. The van der Waals surface area contributed by atoms with Gasteiger partial charge in [-0.2, -0.15) is 0 Å². The Morgan fingerprint density at radius 3 is 2.67 bits per heavy atom. The van der Waals surface area contributed by atoms with Gasteiger partial charge in [0, 0.05) is 37.9 Å². The van der Waals surface area contributed by atoms with Gasteiger partial charge in [-0.3, -0.25) is 4.79 Å². The maximum atomic E-state index is 15.9. The Bertz CT molecular complexity index is 962. The number of hydrogen-bond donors (Lipinski definition) is 0. The molecule has 0 radical (unpaired) electrons. The van der Waals surface area contributed by atoms with Crippen molar-refractivity contribution in [1.82, 2.24) is 4.90 Å². The Balaban J connectivity index is 1.59. The Labute approximate surface area is 178 Å². The number of benzene rings is 2. The van der Waals surface area contributed by atoms with Crippen LogP contribution in [0.4, 0.5) is 13.2 Å². The molecule has 1 aliphatic heterocycles. The predicted molar refractivity (Wildman–Crippen MR) is 114 cm³/mol. The molecule has 0 N–H and O–H groups in total. The summed E-state index contributed by atoms with van der Waals surface area (Å²) in [7, 11) is 0. The molecule has 3 atom stereocenters. The van der Waals surface area contributed by atoms with Gasteiger partial charge >= 0.3 is 0 Å². The summed E-state index contributed by atoms with van der Waals surface area (Å²) in [5.41, 5.74) is -1.84. The lowest BCUT2D eigenvalue weighted by Crippen LogP contribution is -2.42. The molecular formula is C23H23F3N2OS. The Kier molecular flexibility index (Phi) is 5.91. The van der Waals surface area contributed by atoms with Crippen LogP contribution in [0.15, 0.2) is 46.9 Å². The third kappa shape index (κ3) is 3.87. The summed E-state index contributed by atoms with van der Waals surface area (Å²) in [6.07, 6.45) is 5.56. The molecule has 2 fully saturated rings. The van der Waals surface area contributed by atoms with Gasteiger partial charge in [-0.05, 0) is 48.0 Å². The van der Waals surface area contributed by atoms with Crippen molar-refractivity contribution < 1.29 is 18.0 Å². The zero-order valence-corrected chi connectivity index (χ0v) is 17.5. The highest BCUT2D eigenvalue weighted by Gasteiger charge is 2.62. The number of rotatable bonds is 5. The van der Waals surface area contributed by atoms with Crippen LogP contribution in [0, 0.1) is 23.5 Å². The number of carbonyl (C=O) groups is 1. The van der Waals surface area contributed by atoms with E-state index < -0.39 is 23.2 Å². The van der Waals surface area contributed by atoms with Crippen molar-refractivity contribution >= 4 is 24.1 Å². The first-order valence-electron chi connectivity index (χ1n) is 10.0.